The van der Waals surface area contributed by atoms with Crippen LogP contribution in [-0.2, 0) is 0 Å². The largest absolute Gasteiger partial charge is 0.383 e. The molecule has 1 aromatic carbocycles. The third-order valence-corrected chi connectivity index (χ3v) is 3.70. The van der Waals surface area contributed by atoms with Crippen molar-refractivity contribution in [3.63, 3.8) is 0 Å². The molecule has 0 unspecified atom stereocenters. The molecule has 2 N–H and O–H groups in total. The zero-order chi connectivity index (χ0) is 12.0. The molecule has 0 atom stereocenters. The lowest BCUT2D eigenvalue weighted by atomic mass is 10.1. The summed E-state index contributed by atoms with van der Waals surface area (Å²) in [5.74, 6) is 0.700. The zero-order valence-electron chi connectivity index (χ0n) is 9.03. The smallest absolute Gasteiger partial charge is 0.131 e. The summed E-state index contributed by atoms with van der Waals surface area (Å²) in [7, 11) is 0. The van der Waals surface area contributed by atoms with E-state index >= 15 is 0 Å². The lowest BCUT2D eigenvalue weighted by molar-refractivity contribution is 0.751. The molecule has 1 fully saturated rings. The maximum absolute atomic E-state index is 6.09. The van der Waals surface area contributed by atoms with Crippen LogP contribution in [-0.4, -0.2) is 9.55 Å². The highest BCUT2D eigenvalue weighted by molar-refractivity contribution is 6.42. The van der Waals surface area contributed by atoms with Crippen molar-refractivity contribution in [2.75, 3.05) is 5.73 Å². The van der Waals surface area contributed by atoms with E-state index < -0.39 is 0 Å². The van der Waals surface area contributed by atoms with E-state index in [-0.39, 0.29) is 0 Å². The van der Waals surface area contributed by atoms with Crippen LogP contribution in [0.5, 0.6) is 0 Å². The summed E-state index contributed by atoms with van der Waals surface area (Å²) >= 11 is 11.9. The molecule has 1 aliphatic carbocycles. The van der Waals surface area contributed by atoms with Gasteiger partial charge in [0.05, 0.1) is 16.4 Å². The molecule has 88 valence electrons. The van der Waals surface area contributed by atoms with E-state index in [1.54, 1.807) is 18.5 Å². The number of nitrogens with zero attached hydrogens (tertiary/aromatic N) is 2. The van der Waals surface area contributed by atoms with Crippen LogP contribution in [0.25, 0.3) is 11.3 Å². The minimum atomic E-state index is 0.518. The SMILES string of the molecule is Nc1c(-c2ccc(Cl)c(Cl)c2)ncn1C1CC1. The van der Waals surface area contributed by atoms with Crippen molar-refractivity contribution in [1.82, 2.24) is 9.55 Å². The van der Waals surface area contributed by atoms with Crippen molar-refractivity contribution >= 4 is 29.0 Å². The van der Waals surface area contributed by atoms with Gasteiger partial charge in [0.15, 0.2) is 0 Å². The lowest BCUT2D eigenvalue weighted by Crippen LogP contribution is -1.99. The molecular formula is C12H11Cl2N3. The molecule has 1 saturated carbocycles. The highest BCUT2D eigenvalue weighted by atomic mass is 35.5. The quantitative estimate of drug-likeness (QED) is 0.900. The van der Waals surface area contributed by atoms with E-state index in [1.165, 1.54) is 12.8 Å². The fourth-order valence-corrected chi connectivity index (χ4v) is 2.18. The summed E-state index contributed by atoms with van der Waals surface area (Å²) in [5.41, 5.74) is 7.76. The fraction of sp³-hybridized carbons (Fsp3) is 0.250. The first-order valence-electron chi connectivity index (χ1n) is 5.44. The van der Waals surface area contributed by atoms with Crippen LogP contribution in [0.4, 0.5) is 5.82 Å². The molecule has 17 heavy (non-hydrogen) atoms. The van der Waals surface area contributed by atoms with Crippen molar-refractivity contribution in [2.24, 2.45) is 0 Å². The molecule has 1 aromatic heterocycles. The Morgan fingerprint density at radius 2 is 2.00 bits per heavy atom. The van der Waals surface area contributed by atoms with E-state index in [9.17, 15) is 0 Å². The topological polar surface area (TPSA) is 43.8 Å². The summed E-state index contributed by atoms with van der Waals surface area (Å²) in [6, 6.07) is 5.96. The van der Waals surface area contributed by atoms with E-state index in [0.717, 1.165) is 11.3 Å². The summed E-state index contributed by atoms with van der Waals surface area (Å²) in [6.45, 7) is 0. The van der Waals surface area contributed by atoms with Gasteiger partial charge in [-0.2, -0.15) is 0 Å². The number of imidazole rings is 1. The van der Waals surface area contributed by atoms with Gasteiger partial charge in [0.2, 0.25) is 0 Å². The Kier molecular flexibility index (Phi) is 2.53. The normalized spacial score (nSPS) is 15.2. The lowest BCUT2D eigenvalue weighted by Gasteiger charge is -2.04. The molecule has 0 aliphatic heterocycles. The summed E-state index contributed by atoms with van der Waals surface area (Å²) < 4.78 is 2.03. The zero-order valence-corrected chi connectivity index (χ0v) is 10.5. The van der Waals surface area contributed by atoms with Crippen LogP contribution in [0.3, 0.4) is 0 Å². The van der Waals surface area contributed by atoms with E-state index in [1.807, 2.05) is 10.6 Å². The molecule has 1 heterocycles. The van der Waals surface area contributed by atoms with E-state index in [4.69, 9.17) is 28.9 Å². The summed E-state index contributed by atoms with van der Waals surface area (Å²) in [6.07, 6.45) is 4.16. The van der Waals surface area contributed by atoms with Crippen molar-refractivity contribution in [3.05, 3.63) is 34.6 Å². The molecule has 0 radical (unpaired) electrons. The maximum Gasteiger partial charge on any atom is 0.131 e. The predicted octanol–water partition coefficient (Wildman–Crippen LogP) is 3.77. The second kappa shape index (κ2) is 3.93. The second-order valence-electron chi connectivity index (χ2n) is 4.25. The van der Waals surface area contributed by atoms with Gasteiger partial charge in [-0.15, -0.1) is 0 Å². The average Bonchev–Trinajstić information content (AvgIpc) is 3.07. The number of anilines is 1. The molecule has 1 aliphatic rings. The molecule has 2 aromatic rings. The molecule has 0 amide bonds. The molecule has 3 rings (SSSR count). The van der Waals surface area contributed by atoms with Crippen molar-refractivity contribution in [3.8, 4) is 11.3 Å². The highest BCUT2D eigenvalue weighted by Crippen LogP contribution is 2.39. The molecule has 0 bridgehead atoms. The van der Waals surface area contributed by atoms with E-state index in [0.29, 0.717) is 21.9 Å². The van der Waals surface area contributed by atoms with Gasteiger partial charge in [-0.1, -0.05) is 29.3 Å². The van der Waals surface area contributed by atoms with Gasteiger partial charge in [0.25, 0.3) is 0 Å². The van der Waals surface area contributed by atoms with Crippen LogP contribution < -0.4 is 5.73 Å². The molecule has 5 heteroatoms. The first-order chi connectivity index (χ1) is 8.16. The van der Waals surface area contributed by atoms with Gasteiger partial charge in [-0.25, -0.2) is 4.98 Å². The molecule has 3 nitrogen and oxygen atoms in total. The number of rotatable bonds is 2. The molecular weight excluding hydrogens is 257 g/mol. The maximum atomic E-state index is 6.09. The van der Waals surface area contributed by atoms with Crippen molar-refractivity contribution < 1.29 is 0 Å². The van der Waals surface area contributed by atoms with Gasteiger partial charge in [-0.3, -0.25) is 0 Å². The number of hydrogen-bond acceptors (Lipinski definition) is 2. The third kappa shape index (κ3) is 1.90. The Hall–Kier alpha value is -1.19. The standard InChI is InChI=1S/C12H11Cl2N3/c13-9-4-1-7(5-10(9)14)11-12(15)17(6-16-11)8-2-3-8/h1,4-6,8H,2-3,15H2. The van der Waals surface area contributed by atoms with Crippen LogP contribution in [0.2, 0.25) is 10.0 Å². The Morgan fingerprint density at radius 3 is 2.65 bits per heavy atom. The number of halogens is 2. The number of nitrogen functional groups attached to an aromatic ring is 1. The first kappa shape index (κ1) is 10.9. The van der Waals surface area contributed by atoms with Crippen molar-refractivity contribution in [1.29, 1.82) is 0 Å². The first-order valence-corrected chi connectivity index (χ1v) is 6.20. The van der Waals surface area contributed by atoms with Crippen LogP contribution in [0.15, 0.2) is 24.5 Å². The minimum Gasteiger partial charge on any atom is -0.383 e. The Bertz CT molecular complexity index is 573. The summed E-state index contributed by atoms with van der Waals surface area (Å²) in [4.78, 5) is 4.35. The third-order valence-electron chi connectivity index (χ3n) is 2.97. The van der Waals surface area contributed by atoms with Gasteiger partial charge < -0.3 is 10.3 Å². The van der Waals surface area contributed by atoms with Gasteiger partial charge >= 0.3 is 0 Å². The molecule has 0 spiro atoms. The van der Waals surface area contributed by atoms with E-state index in [2.05, 4.69) is 4.98 Å². The van der Waals surface area contributed by atoms with Gasteiger partial charge in [0, 0.05) is 11.6 Å². The Balaban J connectivity index is 2.05. The number of aromatic nitrogens is 2. The number of nitrogens with two attached hydrogens (primary N) is 1. The minimum absolute atomic E-state index is 0.518. The van der Waals surface area contributed by atoms with Crippen LogP contribution in [0, 0.1) is 0 Å². The van der Waals surface area contributed by atoms with Gasteiger partial charge in [-0.05, 0) is 25.0 Å². The average molecular weight is 268 g/mol. The van der Waals surface area contributed by atoms with Crippen molar-refractivity contribution in [2.45, 2.75) is 18.9 Å². The van der Waals surface area contributed by atoms with Crippen LogP contribution >= 0.6 is 23.2 Å². The monoisotopic (exact) mass is 267 g/mol. The highest BCUT2D eigenvalue weighted by Gasteiger charge is 2.26. The van der Waals surface area contributed by atoms with Gasteiger partial charge in [0.1, 0.15) is 11.5 Å². The Morgan fingerprint density at radius 1 is 1.24 bits per heavy atom. The summed E-state index contributed by atoms with van der Waals surface area (Å²) in [5, 5.41) is 1.06. The predicted molar refractivity (Wildman–Crippen MR) is 70.4 cm³/mol. The fourth-order valence-electron chi connectivity index (χ4n) is 1.88. The number of benzene rings is 1. The second-order valence-corrected chi connectivity index (χ2v) is 5.06. The molecule has 0 saturated heterocycles. The Labute approximate surface area is 109 Å². The van der Waals surface area contributed by atoms with Crippen LogP contribution in [0.1, 0.15) is 18.9 Å². The number of hydrogen-bond donors (Lipinski definition) is 1.